The molecule has 0 aliphatic carbocycles. The quantitative estimate of drug-likeness (QED) is 0.876. The zero-order chi connectivity index (χ0) is 14.5. The highest BCUT2D eigenvalue weighted by Crippen LogP contribution is 2.23. The van der Waals surface area contributed by atoms with Gasteiger partial charge in [0, 0.05) is 24.4 Å². The Bertz CT molecular complexity index is 451. The predicted octanol–water partition coefficient (Wildman–Crippen LogP) is 2.44. The van der Waals surface area contributed by atoms with Crippen molar-refractivity contribution < 1.29 is 14.6 Å². The summed E-state index contributed by atoms with van der Waals surface area (Å²) in [5.74, 6) is 0.161. The Balaban J connectivity index is 1.76. The molecule has 0 aromatic carbocycles. The second-order valence-corrected chi connectivity index (χ2v) is 7.66. The van der Waals surface area contributed by atoms with Crippen LogP contribution in [-0.4, -0.2) is 47.8 Å². The van der Waals surface area contributed by atoms with Gasteiger partial charge in [-0.25, -0.2) is 0 Å². The van der Waals surface area contributed by atoms with Crippen molar-refractivity contribution in [3.63, 3.8) is 0 Å². The van der Waals surface area contributed by atoms with E-state index in [0.717, 1.165) is 16.6 Å². The SMILES string of the molecule is CC1CN(C(=O)CCCc2ccc(Br)s2)CC(CO)O1. The molecule has 0 radical (unpaired) electrons. The molecule has 1 aliphatic heterocycles. The first-order valence-electron chi connectivity index (χ1n) is 6.86. The lowest BCUT2D eigenvalue weighted by molar-refractivity contribution is -0.147. The minimum atomic E-state index is -0.240. The number of rotatable bonds is 5. The average molecular weight is 362 g/mol. The number of hydrogen-bond acceptors (Lipinski definition) is 4. The number of aryl methyl sites for hydroxylation is 1. The molecule has 1 N–H and O–H groups in total. The van der Waals surface area contributed by atoms with Crippen molar-refractivity contribution in [3.05, 3.63) is 20.8 Å². The van der Waals surface area contributed by atoms with Gasteiger partial charge in [0.15, 0.2) is 0 Å². The van der Waals surface area contributed by atoms with Gasteiger partial charge >= 0.3 is 0 Å². The summed E-state index contributed by atoms with van der Waals surface area (Å²) < 4.78 is 6.68. The van der Waals surface area contributed by atoms with Crippen LogP contribution in [0.3, 0.4) is 0 Å². The summed E-state index contributed by atoms with van der Waals surface area (Å²) in [5.41, 5.74) is 0. The van der Waals surface area contributed by atoms with Gasteiger partial charge in [-0.3, -0.25) is 4.79 Å². The molecule has 2 unspecified atom stereocenters. The van der Waals surface area contributed by atoms with Gasteiger partial charge in [0.05, 0.1) is 22.6 Å². The van der Waals surface area contributed by atoms with Gasteiger partial charge in [-0.05, 0) is 47.8 Å². The number of ether oxygens (including phenoxy) is 1. The largest absolute Gasteiger partial charge is 0.394 e. The lowest BCUT2D eigenvalue weighted by Gasteiger charge is -2.36. The summed E-state index contributed by atoms with van der Waals surface area (Å²) in [6, 6.07) is 4.13. The summed E-state index contributed by atoms with van der Waals surface area (Å²) in [4.78, 5) is 15.3. The number of nitrogens with zero attached hydrogens (tertiary/aromatic N) is 1. The van der Waals surface area contributed by atoms with E-state index in [0.29, 0.717) is 19.5 Å². The highest BCUT2D eigenvalue weighted by Gasteiger charge is 2.27. The molecular formula is C14H20BrNO3S. The summed E-state index contributed by atoms with van der Waals surface area (Å²) in [6.45, 7) is 3.03. The zero-order valence-electron chi connectivity index (χ0n) is 11.5. The Morgan fingerprint density at radius 2 is 2.35 bits per heavy atom. The molecule has 112 valence electrons. The molecule has 0 spiro atoms. The lowest BCUT2D eigenvalue weighted by Crippen LogP contribution is -2.50. The van der Waals surface area contributed by atoms with Crippen LogP contribution < -0.4 is 0 Å². The number of carbonyl (C=O) groups excluding carboxylic acids is 1. The molecule has 1 aromatic rings. The van der Waals surface area contributed by atoms with Crippen LogP contribution >= 0.6 is 27.3 Å². The van der Waals surface area contributed by atoms with Crippen LogP contribution in [0.15, 0.2) is 15.9 Å². The van der Waals surface area contributed by atoms with Gasteiger partial charge in [-0.1, -0.05) is 0 Å². The third-order valence-corrected chi connectivity index (χ3v) is 5.01. The molecule has 2 heterocycles. The number of hydrogen-bond donors (Lipinski definition) is 1. The average Bonchev–Trinajstić information content (AvgIpc) is 2.83. The number of aliphatic hydroxyl groups is 1. The van der Waals surface area contributed by atoms with Crippen LogP contribution in [0.25, 0.3) is 0 Å². The molecule has 1 aromatic heterocycles. The monoisotopic (exact) mass is 361 g/mol. The Morgan fingerprint density at radius 3 is 3.00 bits per heavy atom. The van der Waals surface area contributed by atoms with Crippen LogP contribution in [0.5, 0.6) is 0 Å². The van der Waals surface area contributed by atoms with Gasteiger partial charge in [0.25, 0.3) is 0 Å². The van der Waals surface area contributed by atoms with Crippen molar-refractivity contribution in [1.82, 2.24) is 4.90 Å². The zero-order valence-corrected chi connectivity index (χ0v) is 14.0. The van der Waals surface area contributed by atoms with E-state index in [1.54, 1.807) is 11.3 Å². The molecule has 1 amide bonds. The minimum absolute atomic E-state index is 0.00176. The smallest absolute Gasteiger partial charge is 0.222 e. The van der Waals surface area contributed by atoms with Crippen LogP contribution in [0, 0.1) is 0 Å². The normalized spacial score (nSPS) is 23.1. The molecule has 0 bridgehead atoms. The Hall–Kier alpha value is -0.430. The fourth-order valence-electron chi connectivity index (χ4n) is 2.41. The van der Waals surface area contributed by atoms with E-state index < -0.39 is 0 Å². The molecule has 2 atom stereocenters. The number of halogens is 1. The van der Waals surface area contributed by atoms with Crippen molar-refractivity contribution in [1.29, 1.82) is 0 Å². The molecule has 2 rings (SSSR count). The first-order chi connectivity index (χ1) is 9.58. The summed E-state index contributed by atoms with van der Waals surface area (Å²) >= 11 is 5.16. The lowest BCUT2D eigenvalue weighted by atomic mass is 10.1. The minimum Gasteiger partial charge on any atom is -0.394 e. The van der Waals surface area contributed by atoms with E-state index in [1.165, 1.54) is 4.88 Å². The van der Waals surface area contributed by atoms with Gasteiger partial charge in [-0.2, -0.15) is 0 Å². The van der Waals surface area contributed by atoms with Crippen LogP contribution in [-0.2, 0) is 16.0 Å². The summed E-state index contributed by atoms with van der Waals surface area (Å²) in [5, 5.41) is 9.17. The summed E-state index contributed by atoms with van der Waals surface area (Å²) in [6.07, 6.45) is 2.11. The maximum atomic E-state index is 12.2. The van der Waals surface area contributed by atoms with Crippen molar-refractivity contribution in [2.45, 2.75) is 38.4 Å². The third kappa shape index (κ3) is 4.55. The van der Waals surface area contributed by atoms with Gasteiger partial charge in [-0.15, -0.1) is 11.3 Å². The van der Waals surface area contributed by atoms with Crippen molar-refractivity contribution in [2.24, 2.45) is 0 Å². The Labute approximate surface area is 131 Å². The second kappa shape index (κ2) is 7.54. The summed E-state index contributed by atoms with van der Waals surface area (Å²) in [7, 11) is 0. The van der Waals surface area contributed by atoms with E-state index in [9.17, 15) is 4.79 Å². The first-order valence-corrected chi connectivity index (χ1v) is 8.47. The molecular weight excluding hydrogens is 342 g/mol. The number of morpholine rings is 1. The van der Waals surface area contributed by atoms with Crippen LogP contribution in [0.2, 0.25) is 0 Å². The molecule has 1 aliphatic rings. The molecule has 6 heteroatoms. The van der Waals surface area contributed by atoms with Crippen molar-refractivity contribution >= 4 is 33.2 Å². The highest BCUT2D eigenvalue weighted by atomic mass is 79.9. The topological polar surface area (TPSA) is 49.8 Å². The van der Waals surface area contributed by atoms with E-state index in [4.69, 9.17) is 9.84 Å². The fraction of sp³-hybridized carbons (Fsp3) is 0.643. The maximum absolute atomic E-state index is 12.2. The van der Waals surface area contributed by atoms with Gasteiger partial charge in [0.1, 0.15) is 0 Å². The number of thiophene rings is 1. The molecule has 20 heavy (non-hydrogen) atoms. The molecule has 0 saturated carbocycles. The first kappa shape index (κ1) is 15.9. The van der Waals surface area contributed by atoms with Crippen LogP contribution in [0.4, 0.5) is 0 Å². The van der Waals surface area contributed by atoms with Gasteiger partial charge < -0.3 is 14.7 Å². The highest BCUT2D eigenvalue weighted by molar-refractivity contribution is 9.11. The standard InChI is InChI=1S/C14H20BrNO3S/c1-10-7-16(8-11(9-17)19-10)14(18)4-2-3-12-5-6-13(15)20-12/h5-6,10-11,17H,2-4,7-9H2,1H3. The predicted molar refractivity (Wildman–Crippen MR) is 83.0 cm³/mol. The third-order valence-electron chi connectivity index (χ3n) is 3.33. The number of amides is 1. The molecule has 1 fully saturated rings. The van der Waals surface area contributed by atoms with E-state index in [-0.39, 0.29) is 24.7 Å². The van der Waals surface area contributed by atoms with Crippen molar-refractivity contribution in [3.8, 4) is 0 Å². The van der Waals surface area contributed by atoms with Crippen LogP contribution in [0.1, 0.15) is 24.6 Å². The number of carbonyl (C=O) groups is 1. The van der Waals surface area contributed by atoms with Crippen molar-refractivity contribution in [2.75, 3.05) is 19.7 Å². The van der Waals surface area contributed by atoms with Gasteiger partial charge in [0.2, 0.25) is 5.91 Å². The fourth-order valence-corrected chi connectivity index (χ4v) is 3.93. The Morgan fingerprint density at radius 1 is 1.55 bits per heavy atom. The Kier molecular flexibility index (Phi) is 6.01. The number of aliphatic hydroxyl groups excluding tert-OH is 1. The maximum Gasteiger partial charge on any atom is 0.222 e. The second-order valence-electron chi connectivity index (χ2n) is 5.11. The van der Waals surface area contributed by atoms with E-state index >= 15 is 0 Å². The van der Waals surface area contributed by atoms with E-state index in [2.05, 4.69) is 22.0 Å². The molecule has 4 nitrogen and oxygen atoms in total. The molecule has 1 saturated heterocycles. The van der Waals surface area contributed by atoms with E-state index in [1.807, 2.05) is 17.9 Å².